The van der Waals surface area contributed by atoms with Gasteiger partial charge < -0.3 is 20.1 Å². The molecule has 152 valence electrons. The number of hydrogen-bond donors (Lipinski definition) is 3. The molecule has 0 amide bonds. The van der Waals surface area contributed by atoms with E-state index in [1.54, 1.807) is 26.0 Å². The molecule has 2 aliphatic carbocycles. The second-order valence-electron chi connectivity index (χ2n) is 8.74. The number of allylic oxidation sites excluding steroid dienone is 1. The quantitative estimate of drug-likeness (QED) is 0.506. The fourth-order valence-corrected chi connectivity index (χ4v) is 4.48. The van der Waals surface area contributed by atoms with Crippen molar-refractivity contribution in [3.05, 3.63) is 36.0 Å². The highest BCUT2D eigenvalue weighted by molar-refractivity contribution is 5.66. The lowest BCUT2D eigenvalue weighted by atomic mass is 9.75. The van der Waals surface area contributed by atoms with Gasteiger partial charge in [-0.25, -0.2) is 0 Å². The number of esters is 1. The van der Waals surface area contributed by atoms with Gasteiger partial charge in [-0.3, -0.25) is 4.79 Å². The van der Waals surface area contributed by atoms with Gasteiger partial charge in [-0.1, -0.05) is 31.2 Å². The van der Waals surface area contributed by atoms with Crippen LogP contribution < -0.4 is 0 Å². The summed E-state index contributed by atoms with van der Waals surface area (Å²) in [7, 11) is 0. The van der Waals surface area contributed by atoms with Crippen LogP contribution in [-0.2, 0) is 9.53 Å². The molecule has 0 aliphatic heterocycles. The molecule has 1 fully saturated rings. The predicted octanol–water partition coefficient (Wildman–Crippen LogP) is 2.76. The minimum atomic E-state index is -1.04. The molecule has 0 heterocycles. The van der Waals surface area contributed by atoms with Gasteiger partial charge in [0.1, 0.15) is 6.10 Å². The molecule has 0 saturated heterocycles. The molecule has 2 rings (SSSR count). The summed E-state index contributed by atoms with van der Waals surface area (Å²) in [6, 6.07) is 0. The molecule has 7 atom stereocenters. The van der Waals surface area contributed by atoms with E-state index in [1.165, 1.54) is 6.92 Å². The first-order valence-corrected chi connectivity index (χ1v) is 9.72. The lowest BCUT2D eigenvalue weighted by molar-refractivity contribution is -0.148. The fraction of sp³-hybridized carbons (Fsp3) is 0.682. The van der Waals surface area contributed by atoms with Crippen LogP contribution in [0, 0.1) is 23.7 Å². The van der Waals surface area contributed by atoms with E-state index < -0.39 is 29.9 Å². The summed E-state index contributed by atoms with van der Waals surface area (Å²) in [4.78, 5) is 11.6. The van der Waals surface area contributed by atoms with Crippen molar-refractivity contribution in [2.45, 2.75) is 71.4 Å². The lowest BCUT2D eigenvalue weighted by Gasteiger charge is -2.35. The van der Waals surface area contributed by atoms with Crippen molar-refractivity contribution in [1.29, 1.82) is 0 Å². The van der Waals surface area contributed by atoms with Crippen LogP contribution >= 0.6 is 0 Å². The molecule has 5 nitrogen and oxygen atoms in total. The van der Waals surface area contributed by atoms with Gasteiger partial charge in [0, 0.05) is 18.8 Å². The normalized spacial score (nSPS) is 34.0. The molecule has 0 spiro atoms. The molecule has 3 N–H and O–H groups in total. The van der Waals surface area contributed by atoms with Crippen LogP contribution in [0.3, 0.4) is 0 Å². The smallest absolute Gasteiger partial charge is 0.303 e. The Morgan fingerprint density at radius 1 is 1.41 bits per heavy atom. The topological polar surface area (TPSA) is 87.0 Å². The summed E-state index contributed by atoms with van der Waals surface area (Å²) < 4.78 is 5.48. The molecule has 27 heavy (non-hydrogen) atoms. The van der Waals surface area contributed by atoms with Gasteiger partial charge in [0.25, 0.3) is 0 Å². The van der Waals surface area contributed by atoms with E-state index in [0.29, 0.717) is 6.42 Å². The van der Waals surface area contributed by atoms with Crippen molar-refractivity contribution in [1.82, 2.24) is 0 Å². The summed E-state index contributed by atoms with van der Waals surface area (Å²) >= 11 is 0. The Kier molecular flexibility index (Phi) is 6.72. The van der Waals surface area contributed by atoms with Crippen LogP contribution in [0.25, 0.3) is 0 Å². The summed E-state index contributed by atoms with van der Waals surface area (Å²) in [6.45, 7) is 12.7. The van der Waals surface area contributed by atoms with Crippen LogP contribution in [0.4, 0.5) is 0 Å². The highest BCUT2D eigenvalue weighted by Gasteiger charge is 2.46. The van der Waals surface area contributed by atoms with Gasteiger partial charge in [0.05, 0.1) is 17.8 Å². The second kappa shape index (κ2) is 8.29. The molecule has 0 radical (unpaired) electrons. The predicted molar refractivity (Wildman–Crippen MR) is 105 cm³/mol. The van der Waals surface area contributed by atoms with E-state index in [2.05, 4.69) is 12.7 Å². The minimum absolute atomic E-state index is 0.0475. The van der Waals surface area contributed by atoms with Crippen molar-refractivity contribution < 1.29 is 24.9 Å². The monoisotopic (exact) mass is 378 g/mol. The Hall–Kier alpha value is -1.43. The summed E-state index contributed by atoms with van der Waals surface area (Å²) in [5.74, 6) is -0.958. The lowest BCUT2D eigenvalue weighted by Crippen LogP contribution is -2.39. The van der Waals surface area contributed by atoms with E-state index in [9.17, 15) is 20.1 Å². The largest absolute Gasteiger partial charge is 0.458 e. The SMILES string of the molecule is C=C1[C@H](O)C[C@@H](C(C)C(/C=C/C(C)(C)O)OC(C)=O)[C@@H](O)[C@@H]2C(C)=CC[C@@H]12. The summed E-state index contributed by atoms with van der Waals surface area (Å²) in [5.41, 5.74) is 0.859. The van der Waals surface area contributed by atoms with Crippen molar-refractivity contribution in [2.75, 3.05) is 0 Å². The Bertz CT molecular complexity index is 627. The maximum absolute atomic E-state index is 11.6. The van der Waals surface area contributed by atoms with Gasteiger partial charge in [0.15, 0.2) is 0 Å². The van der Waals surface area contributed by atoms with E-state index in [0.717, 1.165) is 17.6 Å². The van der Waals surface area contributed by atoms with E-state index in [4.69, 9.17) is 4.74 Å². The van der Waals surface area contributed by atoms with Crippen LogP contribution in [0.1, 0.15) is 47.5 Å². The van der Waals surface area contributed by atoms with Crippen molar-refractivity contribution in [3.8, 4) is 0 Å². The van der Waals surface area contributed by atoms with Gasteiger partial charge in [0.2, 0.25) is 0 Å². The number of hydrogen-bond acceptors (Lipinski definition) is 5. The van der Waals surface area contributed by atoms with Gasteiger partial charge in [-0.05, 0) is 57.1 Å². The number of carbonyl (C=O) groups is 1. The molecule has 2 unspecified atom stereocenters. The molecule has 0 aromatic heterocycles. The van der Waals surface area contributed by atoms with Gasteiger partial charge in [-0.2, -0.15) is 0 Å². The number of aliphatic hydroxyl groups excluding tert-OH is 2. The van der Waals surface area contributed by atoms with Crippen LogP contribution in [0.5, 0.6) is 0 Å². The van der Waals surface area contributed by atoms with Crippen molar-refractivity contribution in [2.24, 2.45) is 23.7 Å². The van der Waals surface area contributed by atoms with E-state index >= 15 is 0 Å². The molecular weight excluding hydrogens is 344 g/mol. The highest BCUT2D eigenvalue weighted by Crippen LogP contribution is 2.47. The first-order valence-electron chi connectivity index (χ1n) is 9.72. The zero-order valence-corrected chi connectivity index (χ0v) is 17.1. The number of rotatable bonds is 5. The molecule has 0 aromatic carbocycles. The maximum Gasteiger partial charge on any atom is 0.303 e. The average Bonchev–Trinajstić information content (AvgIpc) is 2.90. The molecule has 1 saturated carbocycles. The van der Waals surface area contributed by atoms with Gasteiger partial charge in [-0.15, -0.1) is 0 Å². The number of carbonyl (C=O) groups excluding carboxylic acids is 1. The third kappa shape index (κ3) is 5.09. The second-order valence-corrected chi connectivity index (χ2v) is 8.74. The standard InChI is InChI=1S/C22H34O5/c1-12-7-8-16-13(2)18(24)11-17(21(25)20(12)16)14(3)19(27-15(4)23)9-10-22(5,6)26/h7,9-10,14,16-21,24-26H,2,8,11H2,1,3-6H3/b10-9+/t14?,16-,17-,18+,19?,20+,21+/m0/s1. The molecule has 2 aliphatic rings. The molecule has 0 aromatic rings. The van der Waals surface area contributed by atoms with Crippen LogP contribution in [-0.4, -0.2) is 45.2 Å². The molecule has 5 heteroatoms. The fourth-order valence-electron chi connectivity index (χ4n) is 4.48. The third-order valence-electron chi connectivity index (χ3n) is 6.05. The van der Waals surface area contributed by atoms with Crippen LogP contribution in [0.15, 0.2) is 36.0 Å². The maximum atomic E-state index is 11.6. The first kappa shape index (κ1) is 21.9. The highest BCUT2D eigenvalue weighted by atomic mass is 16.5. The molecule has 0 bridgehead atoms. The first-order chi connectivity index (χ1) is 12.4. The van der Waals surface area contributed by atoms with E-state index in [-0.39, 0.29) is 23.7 Å². The van der Waals surface area contributed by atoms with Crippen molar-refractivity contribution in [3.63, 3.8) is 0 Å². The van der Waals surface area contributed by atoms with Gasteiger partial charge >= 0.3 is 5.97 Å². The number of aliphatic hydroxyl groups is 3. The minimum Gasteiger partial charge on any atom is -0.458 e. The zero-order chi connectivity index (χ0) is 20.5. The molecular formula is C22H34O5. The van der Waals surface area contributed by atoms with Crippen molar-refractivity contribution >= 4 is 5.97 Å². The van der Waals surface area contributed by atoms with Crippen LogP contribution in [0.2, 0.25) is 0 Å². The zero-order valence-electron chi connectivity index (χ0n) is 17.1. The summed E-state index contributed by atoms with van der Waals surface area (Å²) in [5, 5.41) is 31.8. The third-order valence-corrected chi connectivity index (χ3v) is 6.05. The Labute approximate surface area is 162 Å². The Morgan fingerprint density at radius 3 is 2.59 bits per heavy atom. The average molecular weight is 379 g/mol. The summed E-state index contributed by atoms with van der Waals surface area (Å²) in [6.07, 6.45) is 4.59. The number of fused-ring (bicyclic) bond motifs is 1. The Balaban J connectivity index is 2.33. The number of ether oxygens (including phenoxy) is 1. The Morgan fingerprint density at radius 2 is 2.04 bits per heavy atom. The van der Waals surface area contributed by atoms with E-state index in [1.807, 2.05) is 13.8 Å².